The molecular weight excluding hydrogens is 278 g/mol. The lowest BCUT2D eigenvalue weighted by Crippen LogP contribution is -2.31. The third-order valence-electron chi connectivity index (χ3n) is 2.53. The Balaban J connectivity index is 2.20. The van der Waals surface area contributed by atoms with Gasteiger partial charge in [0.2, 0.25) is 5.91 Å². The Morgan fingerprint density at radius 2 is 2.11 bits per heavy atom. The van der Waals surface area contributed by atoms with Gasteiger partial charge in [0.25, 0.3) is 0 Å². The van der Waals surface area contributed by atoms with Gasteiger partial charge in [-0.05, 0) is 12.5 Å². The van der Waals surface area contributed by atoms with Crippen LogP contribution >= 0.6 is 23.6 Å². The van der Waals surface area contributed by atoms with E-state index in [4.69, 9.17) is 18.0 Å². The van der Waals surface area contributed by atoms with Crippen LogP contribution in [0.3, 0.4) is 0 Å². The molecular formula is C13H13N3OS2. The van der Waals surface area contributed by atoms with Crippen LogP contribution in [0.25, 0.3) is 0 Å². The van der Waals surface area contributed by atoms with Gasteiger partial charge in [0.05, 0.1) is 4.99 Å². The number of rotatable bonds is 4. The van der Waals surface area contributed by atoms with E-state index in [-0.39, 0.29) is 10.9 Å². The molecule has 0 bridgehead atoms. The summed E-state index contributed by atoms with van der Waals surface area (Å²) >= 11 is 6.41. The van der Waals surface area contributed by atoms with E-state index in [9.17, 15) is 4.79 Å². The fourth-order valence-electron chi connectivity index (χ4n) is 1.68. The van der Waals surface area contributed by atoms with Crippen LogP contribution in [0, 0.1) is 6.92 Å². The van der Waals surface area contributed by atoms with Crippen molar-refractivity contribution in [3.05, 3.63) is 47.0 Å². The number of nitrogens with zero attached hydrogens (tertiary/aromatic N) is 1. The molecule has 0 spiro atoms. The van der Waals surface area contributed by atoms with E-state index in [2.05, 4.69) is 10.3 Å². The van der Waals surface area contributed by atoms with Crippen molar-refractivity contribution >= 4 is 39.6 Å². The summed E-state index contributed by atoms with van der Waals surface area (Å²) in [6, 6.07) is 9.23. The first-order valence-electron chi connectivity index (χ1n) is 5.65. The number of carbonyl (C=O) groups is 1. The molecule has 1 atom stereocenters. The highest BCUT2D eigenvalue weighted by Gasteiger charge is 2.24. The first-order chi connectivity index (χ1) is 9.08. The number of amides is 1. The van der Waals surface area contributed by atoms with Crippen molar-refractivity contribution in [3.8, 4) is 0 Å². The summed E-state index contributed by atoms with van der Waals surface area (Å²) in [7, 11) is 0. The lowest BCUT2D eigenvalue weighted by atomic mass is 9.98. The number of thiazole rings is 1. The molecule has 0 saturated carbocycles. The Morgan fingerprint density at radius 1 is 1.42 bits per heavy atom. The predicted octanol–water partition coefficient (Wildman–Crippen LogP) is 2.46. The summed E-state index contributed by atoms with van der Waals surface area (Å²) in [5.74, 6) is -0.895. The molecule has 0 aliphatic carbocycles. The van der Waals surface area contributed by atoms with Crippen molar-refractivity contribution in [1.29, 1.82) is 0 Å². The van der Waals surface area contributed by atoms with Crippen molar-refractivity contribution in [1.82, 2.24) is 4.98 Å². The fraction of sp³-hybridized carbons (Fsp3) is 0.154. The van der Waals surface area contributed by atoms with Gasteiger partial charge in [-0.2, -0.15) is 0 Å². The summed E-state index contributed by atoms with van der Waals surface area (Å²) in [6.07, 6.45) is 1.71. The minimum absolute atomic E-state index is 0.150. The number of anilines is 1. The van der Waals surface area contributed by atoms with Crippen LogP contribution < -0.4 is 11.1 Å². The molecule has 0 aliphatic rings. The summed E-state index contributed by atoms with van der Waals surface area (Å²) < 4.78 is 0. The van der Waals surface area contributed by atoms with E-state index in [1.807, 2.05) is 37.3 Å². The molecule has 1 unspecified atom stereocenters. The van der Waals surface area contributed by atoms with Gasteiger partial charge in [-0.1, -0.05) is 42.5 Å². The zero-order valence-corrected chi connectivity index (χ0v) is 11.9. The quantitative estimate of drug-likeness (QED) is 0.849. The SMILES string of the molecule is Cc1cnc(NC(=O)C(C(N)=S)c2ccccc2)s1. The zero-order chi connectivity index (χ0) is 13.8. The van der Waals surface area contributed by atoms with Gasteiger partial charge in [-0.15, -0.1) is 11.3 Å². The number of nitrogens with two attached hydrogens (primary N) is 1. The van der Waals surface area contributed by atoms with E-state index >= 15 is 0 Å². The molecule has 2 rings (SSSR count). The van der Waals surface area contributed by atoms with Gasteiger partial charge in [0.15, 0.2) is 5.13 Å². The summed E-state index contributed by atoms with van der Waals surface area (Å²) in [5, 5.41) is 3.30. The maximum absolute atomic E-state index is 12.3. The normalized spacial score (nSPS) is 11.8. The van der Waals surface area contributed by atoms with Crippen LogP contribution in [0.4, 0.5) is 5.13 Å². The van der Waals surface area contributed by atoms with Crippen LogP contribution in [0.5, 0.6) is 0 Å². The Morgan fingerprint density at radius 3 is 2.63 bits per heavy atom. The van der Waals surface area contributed by atoms with Gasteiger partial charge < -0.3 is 11.1 Å². The first kappa shape index (κ1) is 13.6. The summed E-state index contributed by atoms with van der Waals surface area (Å²) in [4.78, 5) is 17.5. The second kappa shape index (κ2) is 5.90. The number of benzene rings is 1. The van der Waals surface area contributed by atoms with Crippen LogP contribution in [0.15, 0.2) is 36.5 Å². The minimum Gasteiger partial charge on any atom is -0.392 e. The van der Waals surface area contributed by atoms with Crippen LogP contribution in [0.2, 0.25) is 0 Å². The lowest BCUT2D eigenvalue weighted by Gasteiger charge is -2.14. The van der Waals surface area contributed by atoms with E-state index in [0.717, 1.165) is 10.4 Å². The Labute approximate surface area is 120 Å². The number of aromatic nitrogens is 1. The van der Waals surface area contributed by atoms with Crippen LogP contribution in [0.1, 0.15) is 16.4 Å². The Kier molecular flexibility index (Phi) is 4.24. The monoisotopic (exact) mass is 291 g/mol. The van der Waals surface area contributed by atoms with Gasteiger partial charge in [-0.25, -0.2) is 4.98 Å². The maximum atomic E-state index is 12.3. The molecule has 0 aliphatic heterocycles. The second-order valence-corrected chi connectivity index (χ2v) is 5.72. The number of hydrogen-bond donors (Lipinski definition) is 2. The highest BCUT2D eigenvalue weighted by Crippen LogP contribution is 2.21. The third kappa shape index (κ3) is 3.36. The van der Waals surface area contributed by atoms with Crippen LogP contribution in [-0.4, -0.2) is 15.9 Å². The molecule has 2 aromatic rings. The molecule has 1 amide bonds. The first-order valence-corrected chi connectivity index (χ1v) is 6.88. The predicted molar refractivity (Wildman–Crippen MR) is 81.4 cm³/mol. The summed E-state index contributed by atoms with van der Waals surface area (Å²) in [6.45, 7) is 1.93. The van der Waals surface area contributed by atoms with Gasteiger partial charge in [0, 0.05) is 11.1 Å². The van der Waals surface area contributed by atoms with Gasteiger partial charge in [-0.3, -0.25) is 4.79 Å². The molecule has 4 nitrogen and oxygen atoms in total. The molecule has 1 heterocycles. The number of thiocarbonyl (C=S) groups is 1. The number of aryl methyl sites for hydroxylation is 1. The van der Waals surface area contributed by atoms with E-state index < -0.39 is 5.92 Å². The molecule has 1 aromatic carbocycles. The Hall–Kier alpha value is -1.79. The highest BCUT2D eigenvalue weighted by molar-refractivity contribution is 7.80. The molecule has 19 heavy (non-hydrogen) atoms. The van der Waals surface area contributed by atoms with Crippen molar-refractivity contribution in [2.45, 2.75) is 12.8 Å². The van der Waals surface area contributed by atoms with E-state index in [0.29, 0.717) is 5.13 Å². The lowest BCUT2D eigenvalue weighted by molar-refractivity contribution is -0.116. The Bertz CT molecular complexity index is 595. The van der Waals surface area contributed by atoms with Crippen molar-refractivity contribution in [3.63, 3.8) is 0 Å². The molecule has 6 heteroatoms. The minimum atomic E-state index is -0.639. The van der Waals surface area contributed by atoms with Crippen molar-refractivity contribution in [2.24, 2.45) is 5.73 Å². The number of hydrogen-bond acceptors (Lipinski definition) is 4. The highest BCUT2D eigenvalue weighted by atomic mass is 32.1. The van der Waals surface area contributed by atoms with Crippen LogP contribution in [-0.2, 0) is 4.79 Å². The second-order valence-electron chi connectivity index (χ2n) is 4.01. The van der Waals surface area contributed by atoms with Crippen molar-refractivity contribution in [2.75, 3.05) is 5.32 Å². The molecule has 0 fully saturated rings. The molecule has 0 radical (unpaired) electrons. The van der Waals surface area contributed by atoms with Crippen molar-refractivity contribution < 1.29 is 4.79 Å². The largest absolute Gasteiger partial charge is 0.392 e. The smallest absolute Gasteiger partial charge is 0.240 e. The molecule has 98 valence electrons. The molecule has 0 saturated heterocycles. The average Bonchev–Trinajstić information content (AvgIpc) is 2.75. The molecule has 1 aromatic heterocycles. The van der Waals surface area contributed by atoms with E-state index in [1.165, 1.54) is 11.3 Å². The third-order valence-corrected chi connectivity index (χ3v) is 3.59. The maximum Gasteiger partial charge on any atom is 0.240 e. The average molecular weight is 291 g/mol. The molecule has 3 N–H and O–H groups in total. The van der Waals surface area contributed by atoms with Gasteiger partial charge in [0.1, 0.15) is 5.92 Å². The standard InChI is InChI=1S/C13H13N3OS2/c1-8-7-15-13(19-8)16-12(17)10(11(14)18)9-5-3-2-4-6-9/h2-7,10H,1H3,(H2,14,18)(H,15,16,17). The zero-order valence-electron chi connectivity index (χ0n) is 10.3. The topological polar surface area (TPSA) is 68.0 Å². The fourth-order valence-corrected chi connectivity index (χ4v) is 2.59. The van der Waals surface area contributed by atoms with E-state index in [1.54, 1.807) is 6.20 Å². The summed E-state index contributed by atoms with van der Waals surface area (Å²) in [5.41, 5.74) is 6.46. The number of carbonyl (C=O) groups excluding carboxylic acids is 1. The van der Waals surface area contributed by atoms with Gasteiger partial charge >= 0.3 is 0 Å². The number of nitrogens with one attached hydrogen (secondary N) is 1.